The molecule has 1 heterocycles. The number of hydrogen-bond acceptors (Lipinski definition) is 4. The standard InChI is InChI=1S/C12H14N4O/c1-2-16-12(14-8-15-16)7-11(17)9-4-3-5-10(13)6-9/h3-6,8H,2,7,13H2,1H3. The molecule has 0 unspecified atom stereocenters. The largest absolute Gasteiger partial charge is 0.399 e. The SMILES string of the molecule is CCn1ncnc1CC(=O)c1cccc(N)c1. The van der Waals surface area contributed by atoms with Crippen LogP contribution >= 0.6 is 0 Å². The van der Waals surface area contributed by atoms with Crippen LogP contribution in [0.15, 0.2) is 30.6 Å². The second-order valence-electron chi connectivity index (χ2n) is 3.72. The number of Topliss-reactive ketones (excluding diaryl/α,β-unsaturated/α-hetero) is 1. The van der Waals surface area contributed by atoms with E-state index in [1.807, 2.05) is 6.92 Å². The van der Waals surface area contributed by atoms with Crippen molar-refractivity contribution in [2.45, 2.75) is 19.9 Å². The minimum absolute atomic E-state index is 0.000000000000000222. The molecule has 2 aromatic rings. The Hall–Kier alpha value is -2.17. The molecule has 0 bridgehead atoms. The van der Waals surface area contributed by atoms with E-state index in [4.69, 9.17) is 5.73 Å². The van der Waals surface area contributed by atoms with Crippen LogP contribution in [0.2, 0.25) is 0 Å². The first-order chi connectivity index (χ1) is 8.20. The van der Waals surface area contributed by atoms with E-state index >= 15 is 0 Å². The number of aromatic nitrogens is 3. The molecule has 0 saturated heterocycles. The third kappa shape index (κ3) is 2.50. The van der Waals surface area contributed by atoms with Gasteiger partial charge in [0.2, 0.25) is 0 Å². The lowest BCUT2D eigenvalue weighted by molar-refractivity contribution is 0.0989. The van der Waals surface area contributed by atoms with Crippen molar-refractivity contribution in [3.05, 3.63) is 42.0 Å². The van der Waals surface area contributed by atoms with Crippen molar-refractivity contribution in [2.24, 2.45) is 0 Å². The van der Waals surface area contributed by atoms with Crippen LogP contribution in [-0.2, 0) is 13.0 Å². The Morgan fingerprint density at radius 3 is 3.00 bits per heavy atom. The van der Waals surface area contributed by atoms with E-state index in [9.17, 15) is 4.79 Å². The number of nitrogens with two attached hydrogens (primary N) is 1. The van der Waals surface area contributed by atoms with Gasteiger partial charge in [-0.1, -0.05) is 12.1 Å². The number of anilines is 1. The van der Waals surface area contributed by atoms with Gasteiger partial charge in [0.05, 0.1) is 6.42 Å². The van der Waals surface area contributed by atoms with E-state index < -0.39 is 0 Å². The maximum atomic E-state index is 12.0. The van der Waals surface area contributed by atoms with Gasteiger partial charge in [0.15, 0.2) is 5.78 Å². The zero-order chi connectivity index (χ0) is 12.3. The summed E-state index contributed by atoms with van der Waals surface area (Å²) in [4.78, 5) is 16.1. The summed E-state index contributed by atoms with van der Waals surface area (Å²) in [6.07, 6.45) is 1.71. The maximum Gasteiger partial charge on any atom is 0.170 e. The van der Waals surface area contributed by atoms with E-state index in [0.29, 0.717) is 23.6 Å². The molecule has 0 aliphatic carbocycles. The molecule has 2 rings (SSSR count). The molecule has 0 atom stereocenters. The lowest BCUT2D eigenvalue weighted by Gasteiger charge is -2.03. The first-order valence-electron chi connectivity index (χ1n) is 5.46. The number of benzene rings is 1. The molecule has 5 nitrogen and oxygen atoms in total. The number of nitrogen functional groups attached to an aromatic ring is 1. The van der Waals surface area contributed by atoms with Gasteiger partial charge < -0.3 is 5.73 Å². The quantitative estimate of drug-likeness (QED) is 0.634. The third-order valence-corrected chi connectivity index (χ3v) is 2.52. The van der Waals surface area contributed by atoms with Gasteiger partial charge >= 0.3 is 0 Å². The van der Waals surface area contributed by atoms with Crippen LogP contribution in [0.3, 0.4) is 0 Å². The number of ketones is 1. The monoisotopic (exact) mass is 230 g/mol. The third-order valence-electron chi connectivity index (χ3n) is 2.52. The van der Waals surface area contributed by atoms with Gasteiger partial charge in [0.1, 0.15) is 12.2 Å². The maximum absolute atomic E-state index is 12.0. The number of aryl methyl sites for hydroxylation is 1. The summed E-state index contributed by atoms with van der Waals surface area (Å²) in [5, 5.41) is 4.03. The molecule has 17 heavy (non-hydrogen) atoms. The summed E-state index contributed by atoms with van der Waals surface area (Å²) in [5.41, 5.74) is 6.84. The average molecular weight is 230 g/mol. The van der Waals surface area contributed by atoms with E-state index in [2.05, 4.69) is 10.1 Å². The molecular weight excluding hydrogens is 216 g/mol. The first kappa shape index (κ1) is 11.3. The number of hydrogen-bond donors (Lipinski definition) is 1. The second kappa shape index (κ2) is 4.78. The highest BCUT2D eigenvalue weighted by molar-refractivity contribution is 5.97. The van der Waals surface area contributed by atoms with Crippen molar-refractivity contribution in [2.75, 3.05) is 5.73 Å². The van der Waals surface area contributed by atoms with Crippen LogP contribution < -0.4 is 5.73 Å². The predicted octanol–water partition coefficient (Wildman–Crippen LogP) is 1.31. The first-order valence-corrected chi connectivity index (χ1v) is 5.46. The van der Waals surface area contributed by atoms with Gasteiger partial charge in [0, 0.05) is 17.8 Å². The van der Waals surface area contributed by atoms with Crippen LogP contribution in [0.5, 0.6) is 0 Å². The Bertz CT molecular complexity index is 533. The molecule has 0 saturated carbocycles. The Morgan fingerprint density at radius 1 is 1.47 bits per heavy atom. The van der Waals surface area contributed by atoms with Gasteiger partial charge in [-0.25, -0.2) is 9.67 Å². The minimum atomic E-state index is 0.000000000000000222. The zero-order valence-electron chi connectivity index (χ0n) is 9.63. The summed E-state index contributed by atoms with van der Waals surface area (Å²) in [6.45, 7) is 2.67. The van der Waals surface area contributed by atoms with E-state index in [1.54, 1.807) is 28.9 Å². The number of nitrogens with zero attached hydrogens (tertiary/aromatic N) is 3. The van der Waals surface area contributed by atoms with E-state index in [-0.39, 0.29) is 12.2 Å². The van der Waals surface area contributed by atoms with Crippen LogP contribution in [0.1, 0.15) is 23.1 Å². The van der Waals surface area contributed by atoms with Crippen molar-refractivity contribution in [3.8, 4) is 0 Å². The van der Waals surface area contributed by atoms with Crippen molar-refractivity contribution >= 4 is 11.5 Å². The molecule has 0 amide bonds. The molecule has 1 aromatic heterocycles. The van der Waals surface area contributed by atoms with E-state index in [0.717, 1.165) is 0 Å². The molecule has 2 N–H and O–H groups in total. The van der Waals surface area contributed by atoms with Crippen LogP contribution in [-0.4, -0.2) is 20.5 Å². The van der Waals surface area contributed by atoms with Gasteiger partial charge in [-0.15, -0.1) is 0 Å². The summed E-state index contributed by atoms with van der Waals surface area (Å²) >= 11 is 0. The topological polar surface area (TPSA) is 73.8 Å². The highest BCUT2D eigenvalue weighted by atomic mass is 16.1. The van der Waals surface area contributed by atoms with Gasteiger partial charge in [0.25, 0.3) is 0 Å². The number of rotatable bonds is 4. The lowest BCUT2D eigenvalue weighted by atomic mass is 10.1. The molecule has 5 heteroatoms. The fourth-order valence-corrected chi connectivity index (χ4v) is 1.65. The average Bonchev–Trinajstić information content (AvgIpc) is 2.76. The molecule has 0 aliphatic heterocycles. The van der Waals surface area contributed by atoms with Gasteiger partial charge in [-0.2, -0.15) is 5.10 Å². The van der Waals surface area contributed by atoms with Gasteiger partial charge in [-0.05, 0) is 19.1 Å². The zero-order valence-corrected chi connectivity index (χ0v) is 9.63. The minimum Gasteiger partial charge on any atom is -0.399 e. The van der Waals surface area contributed by atoms with Crippen molar-refractivity contribution in [3.63, 3.8) is 0 Å². The van der Waals surface area contributed by atoms with Crippen LogP contribution in [0, 0.1) is 0 Å². The molecule has 0 aliphatic rings. The molecular formula is C12H14N4O. The molecule has 0 radical (unpaired) electrons. The Kier molecular flexibility index (Phi) is 3.18. The molecule has 1 aromatic carbocycles. The molecule has 88 valence electrons. The smallest absolute Gasteiger partial charge is 0.170 e. The Labute approximate surface area is 99.3 Å². The summed E-state index contributed by atoms with van der Waals surface area (Å²) in [7, 11) is 0. The fraction of sp³-hybridized carbons (Fsp3) is 0.250. The van der Waals surface area contributed by atoms with Crippen LogP contribution in [0.4, 0.5) is 5.69 Å². The lowest BCUT2D eigenvalue weighted by Crippen LogP contribution is -2.11. The van der Waals surface area contributed by atoms with Gasteiger partial charge in [-0.3, -0.25) is 4.79 Å². The van der Waals surface area contributed by atoms with E-state index in [1.165, 1.54) is 6.33 Å². The van der Waals surface area contributed by atoms with Crippen molar-refractivity contribution in [1.29, 1.82) is 0 Å². The van der Waals surface area contributed by atoms with Crippen molar-refractivity contribution < 1.29 is 4.79 Å². The van der Waals surface area contributed by atoms with Crippen LogP contribution in [0.25, 0.3) is 0 Å². The molecule has 0 spiro atoms. The highest BCUT2D eigenvalue weighted by Crippen LogP contribution is 2.09. The fourth-order valence-electron chi connectivity index (χ4n) is 1.65. The number of carbonyl (C=O) groups is 1. The summed E-state index contributed by atoms with van der Waals surface area (Å²) in [5.74, 6) is 0.680. The highest BCUT2D eigenvalue weighted by Gasteiger charge is 2.11. The summed E-state index contributed by atoms with van der Waals surface area (Å²) < 4.78 is 1.71. The Balaban J connectivity index is 2.17. The predicted molar refractivity (Wildman–Crippen MR) is 64.6 cm³/mol. The van der Waals surface area contributed by atoms with Crippen molar-refractivity contribution in [1.82, 2.24) is 14.8 Å². The Morgan fingerprint density at radius 2 is 2.29 bits per heavy atom. The second-order valence-corrected chi connectivity index (χ2v) is 3.72. The molecule has 0 fully saturated rings. The normalized spacial score (nSPS) is 10.4. The summed E-state index contributed by atoms with van der Waals surface area (Å²) in [6, 6.07) is 6.96. The number of carbonyl (C=O) groups excluding carboxylic acids is 1.